The van der Waals surface area contributed by atoms with Gasteiger partial charge in [0.2, 0.25) is 0 Å². The van der Waals surface area contributed by atoms with Gasteiger partial charge in [-0.25, -0.2) is 0 Å². The van der Waals surface area contributed by atoms with Crippen LogP contribution in [0.25, 0.3) is 0 Å². The zero-order chi connectivity index (χ0) is 12.9. The smallest absolute Gasteiger partial charge is 0.0400 e. The van der Waals surface area contributed by atoms with Crippen LogP contribution in [-0.2, 0) is 0 Å². The van der Waals surface area contributed by atoms with E-state index in [9.17, 15) is 0 Å². The molecule has 3 rings (SSSR count). The van der Waals surface area contributed by atoms with Gasteiger partial charge < -0.3 is 15.5 Å². The molecule has 1 aromatic rings. The second-order valence-electron chi connectivity index (χ2n) is 5.95. The number of halogens is 1. The minimum atomic E-state index is 0. The van der Waals surface area contributed by atoms with Gasteiger partial charge in [-0.1, -0.05) is 18.2 Å². The van der Waals surface area contributed by atoms with Crippen LogP contribution in [0.5, 0.6) is 0 Å². The molecule has 2 heterocycles. The van der Waals surface area contributed by atoms with Crippen molar-refractivity contribution in [2.75, 3.05) is 38.0 Å². The lowest BCUT2D eigenvalue weighted by molar-refractivity contribution is 0.239. The number of benzene rings is 1. The molecule has 0 bridgehead atoms. The van der Waals surface area contributed by atoms with E-state index in [-0.39, 0.29) is 12.4 Å². The fraction of sp³-hybridized carbons (Fsp3) is 0.625. The Morgan fingerprint density at radius 3 is 2.60 bits per heavy atom. The third-order valence-corrected chi connectivity index (χ3v) is 4.39. The van der Waals surface area contributed by atoms with Gasteiger partial charge in [-0.3, -0.25) is 0 Å². The number of hydrogen-bond acceptors (Lipinski definition) is 3. The summed E-state index contributed by atoms with van der Waals surface area (Å²) in [6.07, 6.45) is 3.99. The van der Waals surface area contributed by atoms with Gasteiger partial charge >= 0.3 is 0 Å². The summed E-state index contributed by atoms with van der Waals surface area (Å²) in [5, 5.41) is 7.10. The SMILES string of the molecule is Cl.c1ccc(NC2CCN(CC3CCNCC3)C2)cc1. The number of anilines is 1. The van der Waals surface area contributed by atoms with Crippen molar-refractivity contribution in [2.24, 2.45) is 5.92 Å². The Labute approximate surface area is 128 Å². The number of likely N-dealkylation sites (tertiary alicyclic amines) is 1. The molecule has 2 fully saturated rings. The van der Waals surface area contributed by atoms with Crippen molar-refractivity contribution in [1.82, 2.24) is 10.2 Å². The highest BCUT2D eigenvalue weighted by molar-refractivity contribution is 5.85. The summed E-state index contributed by atoms with van der Waals surface area (Å²) in [7, 11) is 0. The number of nitrogens with one attached hydrogen (secondary N) is 2. The Morgan fingerprint density at radius 2 is 1.85 bits per heavy atom. The minimum absolute atomic E-state index is 0. The highest BCUT2D eigenvalue weighted by Gasteiger charge is 2.25. The lowest BCUT2D eigenvalue weighted by Gasteiger charge is -2.27. The van der Waals surface area contributed by atoms with E-state index < -0.39 is 0 Å². The summed E-state index contributed by atoms with van der Waals surface area (Å²) in [5.74, 6) is 0.914. The summed E-state index contributed by atoms with van der Waals surface area (Å²) >= 11 is 0. The molecule has 1 atom stereocenters. The van der Waals surface area contributed by atoms with E-state index >= 15 is 0 Å². The fourth-order valence-corrected chi connectivity index (χ4v) is 3.32. The molecule has 0 aromatic heterocycles. The average Bonchev–Trinajstić information content (AvgIpc) is 2.88. The Morgan fingerprint density at radius 1 is 1.10 bits per heavy atom. The molecular weight excluding hydrogens is 270 g/mol. The first kappa shape index (κ1) is 15.6. The third-order valence-electron chi connectivity index (χ3n) is 4.39. The molecule has 4 heteroatoms. The van der Waals surface area contributed by atoms with Crippen LogP contribution in [0.15, 0.2) is 30.3 Å². The number of hydrogen-bond donors (Lipinski definition) is 2. The maximum absolute atomic E-state index is 3.65. The van der Waals surface area contributed by atoms with Gasteiger partial charge in [0.05, 0.1) is 0 Å². The summed E-state index contributed by atoms with van der Waals surface area (Å²) < 4.78 is 0. The first-order valence-electron chi connectivity index (χ1n) is 7.65. The van der Waals surface area contributed by atoms with E-state index in [0.717, 1.165) is 5.92 Å². The third kappa shape index (κ3) is 4.37. The molecule has 2 saturated heterocycles. The lowest BCUT2D eigenvalue weighted by atomic mass is 9.98. The minimum Gasteiger partial charge on any atom is -0.381 e. The molecule has 2 aliphatic heterocycles. The van der Waals surface area contributed by atoms with Crippen molar-refractivity contribution in [2.45, 2.75) is 25.3 Å². The zero-order valence-corrected chi connectivity index (χ0v) is 12.9. The Balaban J connectivity index is 0.00000147. The summed E-state index contributed by atoms with van der Waals surface area (Å²) in [4.78, 5) is 2.65. The fourth-order valence-electron chi connectivity index (χ4n) is 3.32. The van der Waals surface area contributed by atoms with Gasteiger partial charge in [-0.15, -0.1) is 12.4 Å². The maximum atomic E-state index is 3.65. The van der Waals surface area contributed by atoms with Gasteiger partial charge in [-0.05, 0) is 50.4 Å². The van der Waals surface area contributed by atoms with Crippen LogP contribution in [0.2, 0.25) is 0 Å². The molecule has 20 heavy (non-hydrogen) atoms. The van der Waals surface area contributed by atoms with E-state index in [4.69, 9.17) is 0 Å². The molecular formula is C16H26ClN3. The van der Waals surface area contributed by atoms with Crippen LogP contribution in [0.4, 0.5) is 5.69 Å². The molecule has 0 saturated carbocycles. The average molecular weight is 296 g/mol. The van der Waals surface area contributed by atoms with Crippen LogP contribution in [0, 0.1) is 5.92 Å². The molecule has 0 aliphatic carbocycles. The number of nitrogens with zero attached hydrogens (tertiary/aromatic N) is 1. The lowest BCUT2D eigenvalue weighted by Crippen LogP contribution is -2.36. The molecule has 112 valence electrons. The highest BCUT2D eigenvalue weighted by atomic mass is 35.5. The summed E-state index contributed by atoms with van der Waals surface area (Å²) in [5.41, 5.74) is 1.26. The molecule has 2 aliphatic rings. The molecule has 1 aromatic carbocycles. The van der Waals surface area contributed by atoms with Gasteiger partial charge in [0, 0.05) is 31.4 Å². The van der Waals surface area contributed by atoms with Gasteiger partial charge in [0.25, 0.3) is 0 Å². The van der Waals surface area contributed by atoms with Gasteiger partial charge in [0.15, 0.2) is 0 Å². The second kappa shape index (κ2) is 7.87. The molecule has 0 amide bonds. The standard InChI is InChI=1S/C16H25N3.ClH/c1-2-4-15(5-3-1)18-16-8-11-19(13-16)12-14-6-9-17-10-7-14;/h1-5,14,16-18H,6-13H2;1H. The van der Waals surface area contributed by atoms with Crippen molar-refractivity contribution < 1.29 is 0 Å². The Bertz CT molecular complexity index is 379. The molecule has 3 nitrogen and oxygen atoms in total. The van der Waals surface area contributed by atoms with E-state index in [1.807, 2.05) is 0 Å². The largest absolute Gasteiger partial charge is 0.381 e. The van der Waals surface area contributed by atoms with E-state index in [1.165, 1.54) is 57.7 Å². The number of para-hydroxylation sites is 1. The van der Waals surface area contributed by atoms with E-state index in [0.29, 0.717) is 6.04 Å². The summed E-state index contributed by atoms with van der Waals surface area (Å²) in [6, 6.07) is 11.2. The van der Waals surface area contributed by atoms with Crippen LogP contribution < -0.4 is 10.6 Å². The Kier molecular flexibility index (Phi) is 6.14. The van der Waals surface area contributed by atoms with Crippen molar-refractivity contribution in [3.8, 4) is 0 Å². The van der Waals surface area contributed by atoms with Crippen molar-refractivity contribution >= 4 is 18.1 Å². The van der Waals surface area contributed by atoms with E-state index in [2.05, 4.69) is 45.9 Å². The van der Waals surface area contributed by atoms with Crippen LogP contribution >= 0.6 is 12.4 Å². The molecule has 2 N–H and O–H groups in total. The van der Waals surface area contributed by atoms with Crippen molar-refractivity contribution in [3.63, 3.8) is 0 Å². The first-order valence-corrected chi connectivity index (χ1v) is 7.65. The van der Waals surface area contributed by atoms with Crippen LogP contribution in [0.3, 0.4) is 0 Å². The quantitative estimate of drug-likeness (QED) is 0.894. The highest BCUT2D eigenvalue weighted by Crippen LogP contribution is 2.19. The molecule has 0 spiro atoms. The Hall–Kier alpha value is -0.770. The van der Waals surface area contributed by atoms with Gasteiger partial charge in [0.1, 0.15) is 0 Å². The topological polar surface area (TPSA) is 27.3 Å². The van der Waals surface area contributed by atoms with Crippen molar-refractivity contribution in [1.29, 1.82) is 0 Å². The monoisotopic (exact) mass is 295 g/mol. The first-order chi connectivity index (χ1) is 9.40. The van der Waals surface area contributed by atoms with Crippen molar-refractivity contribution in [3.05, 3.63) is 30.3 Å². The zero-order valence-electron chi connectivity index (χ0n) is 12.1. The van der Waals surface area contributed by atoms with E-state index in [1.54, 1.807) is 0 Å². The molecule has 0 radical (unpaired) electrons. The number of rotatable bonds is 4. The van der Waals surface area contributed by atoms with Crippen LogP contribution in [0.1, 0.15) is 19.3 Å². The second-order valence-corrected chi connectivity index (χ2v) is 5.95. The predicted octanol–water partition coefficient (Wildman–Crippen LogP) is 2.59. The van der Waals surface area contributed by atoms with Gasteiger partial charge in [-0.2, -0.15) is 0 Å². The number of piperidine rings is 1. The normalized spacial score (nSPS) is 24.3. The molecule has 1 unspecified atom stereocenters. The summed E-state index contributed by atoms with van der Waals surface area (Å²) in [6.45, 7) is 6.19. The maximum Gasteiger partial charge on any atom is 0.0400 e. The predicted molar refractivity (Wildman–Crippen MR) is 87.8 cm³/mol. The van der Waals surface area contributed by atoms with Crippen LogP contribution in [-0.4, -0.2) is 43.7 Å².